The predicted octanol–water partition coefficient (Wildman–Crippen LogP) is 1.97. The maximum absolute atomic E-state index is 13.5. The van der Waals surface area contributed by atoms with E-state index in [1.165, 1.54) is 12.1 Å². The highest BCUT2D eigenvalue weighted by Crippen LogP contribution is 2.22. The Hall–Kier alpha value is -1.47. The fourth-order valence-electron chi connectivity index (χ4n) is 1.36. The number of carbonyl (C=O) groups is 1. The lowest BCUT2D eigenvalue weighted by Crippen LogP contribution is -2.41. The van der Waals surface area contributed by atoms with Gasteiger partial charge in [0, 0.05) is 0 Å². The molecule has 1 aromatic carbocycles. The van der Waals surface area contributed by atoms with E-state index in [1.807, 2.05) is 5.32 Å². The number of hydrogen-bond acceptors (Lipinski definition) is 3. The van der Waals surface area contributed by atoms with E-state index in [-0.39, 0.29) is 30.3 Å². The third-order valence-corrected chi connectivity index (χ3v) is 2.31. The van der Waals surface area contributed by atoms with Gasteiger partial charge in [0.25, 0.3) is 11.8 Å². The van der Waals surface area contributed by atoms with E-state index in [9.17, 15) is 18.0 Å². The van der Waals surface area contributed by atoms with Gasteiger partial charge in [0.1, 0.15) is 0 Å². The van der Waals surface area contributed by atoms with Crippen molar-refractivity contribution in [3.8, 4) is 5.75 Å². The second-order valence-corrected chi connectivity index (χ2v) is 3.79. The van der Waals surface area contributed by atoms with E-state index >= 15 is 0 Å². The van der Waals surface area contributed by atoms with Crippen molar-refractivity contribution < 1.29 is 22.7 Å². The molecule has 0 saturated heterocycles. The molecule has 8 heteroatoms. The van der Waals surface area contributed by atoms with Gasteiger partial charge in [-0.25, -0.2) is 13.2 Å². The number of amides is 1. The molecule has 1 rings (SSSR count). The van der Waals surface area contributed by atoms with Gasteiger partial charge < -0.3 is 15.8 Å². The van der Waals surface area contributed by atoms with Crippen molar-refractivity contribution in [3.63, 3.8) is 0 Å². The standard InChI is InChI=1S/C12H15F3N2O2.ClH/c1-2-19-10-8(4-3-5-9(10)13)11(18)17-7-12(14,15)6-16;/h3-5H,2,6-7,16H2,1H3,(H,17,18);1H. The normalized spacial score (nSPS) is 10.7. The molecule has 0 atom stereocenters. The zero-order valence-corrected chi connectivity index (χ0v) is 11.6. The minimum absolute atomic E-state index is 0. The molecule has 20 heavy (non-hydrogen) atoms. The number of ether oxygens (including phenoxy) is 1. The third-order valence-electron chi connectivity index (χ3n) is 2.31. The second-order valence-electron chi connectivity index (χ2n) is 3.79. The first-order chi connectivity index (χ1) is 8.91. The summed E-state index contributed by atoms with van der Waals surface area (Å²) in [6.07, 6.45) is 0. The van der Waals surface area contributed by atoms with Crippen molar-refractivity contribution in [2.75, 3.05) is 19.7 Å². The van der Waals surface area contributed by atoms with Crippen LogP contribution >= 0.6 is 12.4 Å². The summed E-state index contributed by atoms with van der Waals surface area (Å²) in [5, 5.41) is 2.00. The average molecular weight is 313 g/mol. The molecule has 0 spiro atoms. The van der Waals surface area contributed by atoms with Gasteiger partial charge in [-0.2, -0.15) is 0 Å². The summed E-state index contributed by atoms with van der Waals surface area (Å²) in [6.45, 7) is -0.0178. The van der Waals surface area contributed by atoms with Crippen LogP contribution in [0.3, 0.4) is 0 Å². The molecule has 0 bridgehead atoms. The highest BCUT2D eigenvalue weighted by molar-refractivity contribution is 5.97. The minimum atomic E-state index is -3.20. The lowest BCUT2D eigenvalue weighted by atomic mass is 10.1. The summed E-state index contributed by atoms with van der Waals surface area (Å²) >= 11 is 0. The molecule has 0 unspecified atom stereocenters. The number of nitrogens with two attached hydrogens (primary N) is 1. The smallest absolute Gasteiger partial charge is 0.277 e. The monoisotopic (exact) mass is 312 g/mol. The highest BCUT2D eigenvalue weighted by atomic mass is 35.5. The van der Waals surface area contributed by atoms with Crippen LogP contribution in [0, 0.1) is 5.82 Å². The SMILES string of the molecule is CCOc1c(F)cccc1C(=O)NCC(F)(F)CN.Cl. The van der Waals surface area contributed by atoms with Crippen molar-refractivity contribution in [2.24, 2.45) is 5.73 Å². The van der Waals surface area contributed by atoms with Gasteiger partial charge in [0.05, 0.1) is 25.3 Å². The quantitative estimate of drug-likeness (QED) is 0.844. The van der Waals surface area contributed by atoms with Gasteiger partial charge in [0.2, 0.25) is 0 Å². The summed E-state index contributed by atoms with van der Waals surface area (Å²) in [6, 6.07) is 3.72. The Bertz CT molecular complexity index is 458. The van der Waals surface area contributed by atoms with Crippen molar-refractivity contribution in [2.45, 2.75) is 12.8 Å². The Balaban J connectivity index is 0.00000361. The number of hydrogen-bond donors (Lipinski definition) is 2. The average Bonchev–Trinajstić information content (AvgIpc) is 2.38. The molecule has 0 aliphatic rings. The summed E-state index contributed by atoms with van der Waals surface area (Å²) in [7, 11) is 0. The van der Waals surface area contributed by atoms with E-state index in [1.54, 1.807) is 6.92 Å². The maximum atomic E-state index is 13.5. The number of para-hydroxylation sites is 1. The molecule has 114 valence electrons. The van der Waals surface area contributed by atoms with Crippen molar-refractivity contribution in [1.82, 2.24) is 5.32 Å². The number of carbonyl (C=O) groups excluding carboxylic acids is 1. The van der Waals surface area contributed by atoms with Crippen LogP contribution in [0.25, 0.3) is 0 Å². The summed E-state index contributed by atoms with van der Waals surface area (Å²) in [5.74, 6) is -5.01. The van der Waals surface area contributed by atoms with Gasteiger partial charge in [0.15, 0.2) is 11.6 Å². The predicted molar refractivity (Wildman–Crippen MR) is 71.2 cm³/mol. The lowest BCUT2D eigenvalue weighted by molar-refractivity contribution is 0.0118. The van der Waals surface area contributed by atoms with Crippen molar-refractivity contribution in [1.29, 1.82) is 0 Å². The Labute approximate surface area is 120 Å². The van der Waals surface area contributed by atoms with Crippen LogP contribution in [0.5, 0.6) is 5.75 Å². The van der Waals surface area contributed by atoms with Crippen LogP contribution in [-0.4, -0.2) is 31.5 Å². The van der Waals surface area contributed by atoms with E-state index in [0.29, 0.717) is 0 Å². The molecule has 1 aromatic rings. The molecule has 0 saturated carbocycles. The molecule has 0 radical (unpaired) electrons. The van der Waals surface area contributed by atoms with Crippen molar-refractivity contribution >= 4 is 18.3 Å². The number of halogens is 4. The molecule has 0 aliphatic carbocycles. The maximum Gasteiger partial charge on any atom is 0.277 e. The molecule has 3 N–H and O–H groups in total. The van der Waals surface area contributed by atoms with Crippen LogP contribution in [0.1, 0.15) is 17.3 Å². The van der Waals surface area contributed by atoms with E-state index < -0.39 is 30.7 Å². The zero-order valence-electron chi connectivity index (χ0n) is 10.8. The van der Waals surface area contributed by atoms with Crippen LogP contribution in [0.2, 0.25) is 0 Å². The molecule has 0 fully saturated rings. The summed E-state index contributed by atoms with van der Waals surface area (Å²) < 4.78 is 44.3. The van der Waals surface area contributed by atoms with Crippen LogP contribution in [-0.2, 0) is 0 Å². The third kappa shape index (κ3) is 4.90. The lowest BCUT2D eigenvalue weighted by Gasteiger charge is -2.16. The van der Waals surface area contributed by atoms with Gasteiger partial charge in [-0.1, -0.05) is 6.07 Å². The fourth-order valence-corrected chi connectivity index (χ4v) is 1.36. The van der Waals surface area contributed by atoms with Crippen LogP contribution < -0.4 is 15.8 Å². The van der Waals surface area contributed by atoms with Gasteiger partial charge in [-0.15, -0.1) is 12.4 Å². The van der Waals surface area contributed by atoms with E-state index in [0.717, 1.165) is 6.07 Å². The minimum Gasteiger partial charge on any atom is -0.490 e. The van der Waals surface area contributed by atoms with Gasteiger partial charge in [-0.05, 0) is 19.1 Å². The Morgan fingerprint density at radius 1 is 1.45 bits per heavy atom. The fraction of sp³-hybridized carbons (Fsp3) is 0.417. The van der Waals surface area contributed by atoms with Gasteiger partial charge in [-0.3, -0.25) is 4.79 Å². The number of alkyl halides is 2. The number of rotatable bonds is 6. The largest absolute Gasteiger partial charge is 0.490 e. The molecule has 1 amide bonds. The summed E-state index contributed by atoms with van der Waals surface area (Å²) in [4.78, 5) is 11.7. The molecule has 0 aromatic heterocycles. The zero-order chi connectivity index (χ0) is 14.5. The first-order valence-electron chi connectivity index (χ1n) is 5.68. The molecule has 0 aliphatic heterocycles. The first kappa shape index (κ1) is 18.5. The van der Waals surface area contributed by atoms with Crippen LogP contribution in [0.4, 0.5) is 13.2 Å². The molecule has 0 heterocycles. The topological polar surface area (TPSA) is 64.3 Å². The number of nitrogens with one attached hydrogen (secondary N) is 1. The molecule has 4 nitrogen and oxygen atoms in total. The summed E-state index contributed by atoms with van der Waals surface area (Å²) in [5.41, 5.74) is 4.72. The van der Waals surface area contributed by atoms with Crippen molar-refractivity contribution in [3.05, 3.63) is 29.6 Å². The first-order valence-corrected chi connectivity index (χ1v) is 5.68. The Morgan fingerprint density at radius 3 is 2.65 bits per heavy atom. The Morgan fingerprint density at radius 2 is 2.10 bits per heavy atom. The molecular weight excluding hydrogens is 297 g/mol. The Kier molecular flexibility index (Phi) is 7.38. The van der Waals surface area contributed by atoms with Crippen LogP contribution in [0.15, 0.2) is 18.2 Å². The molecular formula is C12H16ClF3N2O2. The van der Waals surface area contributed by atoms with Gasteiger partial charge >= 0.3 is 0 Å². The highest BCUT2D eigenvalue weighted by Gasteiger charge is 2.28. The number of benzene rings is 1. The second kappa shape index (κ2) is 7.96. The van der Waals surface area contributed by atoms with E-state index in [4.69, 9.17) is 10.5 Å². The van der Waals surface area contributed by atoms with E-state index in [2.05, 4.69) is 0 Å².